The molecule has 0 aliphatic carbocycles. The summed E-state index contributed by atoms with van der Waals surface area (Å²) in [4.78, 5) is 4.07. The van der Waals surface area contributed by atoms with Crippen molar-refractivity contribution in [2.45, 2.75) is 52.6 Å². The fraction of sp³-hybridized carbons (Fsp3) is 0.529. The highest BCUT2D eigenvalue weighted by Gasteiger charge is 2.12. The number of hydrogen-bond donors (Lipinski definition) is 1. The van der Waals surface area contributed by atoms with E-state index in [0.717, 1.165) is 38.0 Å². The molecule has 1 N–H and O–H groups in total. The Morgan fingerprint density at radius 2 is 2.00 bits per heavy atom. The number of aromatic nitrogens is 3. The van der Waals surface area contributed by atoms with Gasteiger partial charge in [-0.05, 0) is 57.0 Å². The number of nitrogens with zero attached hydrogens (tertiary/aromatic N) is 3. The minimum atomic E-state index is 0.490. The van der Waals surface area contributed by atoms with E-state index >= 15 is 0 Å². The van der Waals surface area contributed by atoms with Crippen molar-refractivity contribution in [3.8, 4) is 0 Å². The summed E-state index contributed by atoms with van der Waals surface area (Å²) in [6, 6.07) is 6.90. The van der Waals surface area contributed by atoms with E-state index < -0.39 is 0 Å². The standard InChI is InChI=1S/C17H26N4/c1-4-19-16(7-6-15-8-10-18-11-9-15)13-17-12-14(3)20-21(17)5-2/h8-12,16,19H,4-7,13H2,1-3H3. The Kier molecular flexibility index (Phi) is 5.93. The fourth-order valence-electron chi connectivity index (χ4n) is 2.75. The van der Waals surface area contributed by atoms with Gasteiger partial charge in [-0.1, -0.05) is 6.92 Å². The van der Waals surface area contributed by atoms with Crippen molar-refractivity contribution in [1.29, 1.82) is 0 Å². The summed E-state index contributed by atoms with van der Waals surface area (Å²) in [5.41, 5.74) is 3.79. The molecule has 2 aromatic heterocycles. The lowest BCUT2D eigenvalue weighted by Crippen LogP contribution is -2.32. The van der Waals surface area contributed by atoms with E-state index in [1.54, 1.807) is 0 Å². The van der Waals surface area contributed by atoms with E-state index in [1.807, 2.05) is 12.4 Å². The van der Waals surface area contributed by atoms with Gasteiger partial charge in [0, 0.05) is 37.1 Å². The summed E-state index contributed by atoms with van der Waals surface area (Å²) in [6.45, 7) is 8.32. The summed E-state index contributed by atoms with van der Waals surface area (Å²) in [5, 5.41) is 8.15. The van der Waals surface area contributed by atoms with Crippen LogP contribution >= 0.6 is 0 Å². The van der Waals surface area contributed by atoms with Crippen LogP contribution in [-0.2, 0) is 19.4 Å². The molecule has 1 atom stereocenters. The highest BCUT2D eigenvalue weighted by molar-refractivity contribution is 5.12. The average molecular weight is 286 g/mol. The van der Waals surface area contributed by atoms with E-state index in [1.165, 1.54) is 11.3 Å². The van der Waals surface area contributed by atoms with Gasteiger partial charge in [-0.3, -0.25) is 9.67 Å². The number of likely N-dealkylation sites (N-methyl/N-ethyl adjacent to an activating group) is 1. The highest BCUT2D eigenvalue weighted by atomic mass is 15.3. The maximum Gasteiger partial charge on any atom is 0.0596 e. The molecule has 0 bridgehead atoms. The van der Waals surface area contributed by atoms with E-state index in [4.69, 9.17) is 0 Å². The van der Waals surface area contributed by atoms with Gasteiger partial charge >= 0.3 is 0 Å². The van der Waals surface area contributed by atoms with Gasteiger partial charge in [-0.25, -0.2) is 0 Å². The van der Waals surface area contributed by atoms with Crippen molar-refractivity contribution in [3.63, 3.8) is 0 Å². The largest absolute Gasteiger partial charge is 0.314 e. The lowest BCUT2D eigenvalue weighted by Gasteiger charge is -2.18. The van der Waals surface area contributed by atoms with Crippen molar-refractivity contribution >= 4 is 0 Å². The van der Waals surface area contributed by atoms with Gasteiger partial charge in [-0.2, -0.15) is 5.10 Å². The van der Waals surface area contributed by atoms with Crippen LogP contribution in [0, 0.1) is 6.92 Å². The summed E-state index contributed by atoms with van der Waals surface area (Å²) in [5.74, 6) is 0. The first-order valence-corrected chi connectivity index (χ1v) is 7.88. The third-order valence-electron chi connectivity index (χ3n) is 3.76. The van der Waals surface area contributed by atoms with Crippen molar-refractivity contribution in [2.24, 2.45) is 0 Å². The Morgan fingerprint density at radius 1 is 1.24 bits per heavy atom. The second kappa shape index (κ2) is 7.93. The summed E-state index contributed by atoms with van der Waals surface area (Å²) in [6.07, 6.45) is 6.99. The molecule has 0 aliphatic heterocycles. The molecule has 114 valence electrons. The molecule has 2 aromatic rings. The van der Waals surface area contributed by atoms with Crippen LogP contribution in [0.1, 0.15) is 37.2 Å². The molecular weight excluding hydrogens is 260 g/mol. The van der Waals surface area contributed by atoms with Crippen LogP contribution in [0.15, 0.2) is 30.6 Å². The monoisotopic (exact) mass is 286 g/mol. The number of aryl methyl sites for hydroxylation is 3. The minimum Gasteiger partial charge on any atom is -0.314 e. The van der Waals surface area contributed by atoms with Gasteiger partial charge in [0.25, 0.3) is 0 Å². The Morgan fingerprint density at radius 3 is 2.67 bits per heavy atom. The van der Waals surface area contributed by atoms with E-state index in [9.17, 15) is 0 Å². The average Bonchev–Trinajstić information content (AvgIpc) is 2.86. The number of hydrogen-bond acceptors (Lipinski definition) is 3. The lowest BCUT2D eigenvalue weighted by molar-refractivity contribution is 0.471. The molecule has 0 aliphatic rings. The summed E-state index contributed by atoms with van der Waals surface area (Å²) in [7, 11) is 0. The molecule has 4 heteroatoms. The normalized spacial score (nSPS) is 12.5. The van der Waals surface area contributed by atoms with Crippen molar-refractivity contribution < 1.29 is 0 Å². The van der Waals surface area contributed by atoms with E-state index in [2.05, 4.69) is 59.1 Å². The van der Waals surface area contributed by atoms with Gasteiger partial charge < -0.3 is 5.32 Å². The molecule has 21 heavy (non-hydrogen) atoms. The first kappa shape index (κ1) is 15.7. The third kappa shape index (κ3) is 4.67. The predicted octanol–water partition coefficient (Wildman–Crippen LogP) is 2.76. The molecule has 4 nitrogen and oxygen atoms in total. The Labute approximate surface area is 127 Å². The number of nitrogens with one attached hydrogen (secondary N) is 1. The smallest absolute Gasteiger partial charge is 0.0596 e. The molecule has 0 saturated heterocycles. The Balaban J connectivity index is 1.98. The van der Waals surface area contributed by atoms with Crippen LogP contribution < -0.4 is 5.32 Å². The molecular formula is C17H26N4. The topological polar surface area (TPSA) is 42.7 Å². The second-order valence-electron chi connectivity index (χ2n) is 5.45. The molecule has 1 unspecified atom stereocenters. The molecule has 2 heterocycles. The minimum absolute atomic E-state index is 0.490. The van der Waals surface area contributed by atoms with Crippen LogP contribution in [0.5, 0.6) is 0 Å². The zero-order valence-electron chi connectivity index (χ0n) is 13.3. The van der Waals surface area contributed by atoms with Crippen LogP contribution in [0.4, 0.5) is 0 Å². The highest BCUT2D eigenvalue weighted by Crippen LogP contribution is 2.11. The zero-order valence-corrected chi connectivity index (χ0v) is 13.3. The van der Waals surface area contributed by atoms with E-state index in [0.29, 0.717) is 6.04 Å². The maximum absolute atomic E-state index is 4.54. The Hall–Kier alpha value is -1.68. The SMILES string of the molecule is CCNC(CCc1ccncc1)Cc1cc(C)nn1CC. The zero-order chi connectivity index (χ0) is 15.1. The molecule has 0 fully saturated rings. The molecule has 0 aromatic carbocycles. The van der Waals surface area contributed by atoms with Crippen molar-refractivity contribution in [1.82, 2.24) is 20.1 Å². The van der Waals surface area contributed by atoms with Crippen molar-refractivity contribution in [3.05, 3.63) is 47.5 Å². The van der Waals surface area contributed by atoms with Gasteiger partial charge in [0.1, 0.15) is 0 Å². The maximum atomic E-state index is 4.54. The molecule has 2 rings (SSSR count). The first-order valence-electron chi connectivity index (χ1n) is 7.88. The van der Waals surface area contributed by atoms with E-state index in [-0.39, 0.29) is 0 Å². The van der Waals surface area contributed by atoms with Crippen molar-refractivity contribution in [2.75, 3.05) is 6.54 Å². The third-order valence-corrected chi connectivity index (χ3v) is 3.76. The number of rotatable bonds is 8. The van der Waals surface area contributed by atoms with Gasteiger partial charge in [0.15, 0.2) is 0 Å². The Bertz CT molecular complexity index is 533. The van der Waals surface area contributed by atoms with Crippen LogP contribution in [-0.4, -0.2) is 27.4 Å². The quantitative estimate of drug-likeness (QED) is 0.811. The summed E-state index contributed by atoms with van der Waals surface area (Å²) >= 11 is 0. The van der Waals surface area contributed by atoms with Crippen LogP contribution in [0.2, 0.25) is 0 Å². The number of pyridine rings is 1. The summed E-state index contributed by atoms with van der Waals surface area (Å²) < 4.78 is 2.12. The molecule has 0 spiro atoms. The molecule has 0 saturated carbocycles. The van der Waals surface area contributed by atoms with Gasteiger partial charge in [0.05, 0.1) is 5.69 Å². The van der Waals surface area contributed by atoms with Crippen LogP contribution in [0.3, 0.4) is 0 Å². The molecule has 0 amide bonds. The molecule has 0 radical (unpaired) electrons. The fourth-order valence-corrected chi connectivity index (χ4v) is 2.75. The predicted molar refractivity (Wildman–Crippen MR) is 86.4 cm³/mol. The van der Waals surface area contributed by atoms with Gasteiger partial charge in [-0.15, -0.1) is 0 Å². The van der Waals surface area contributed by atoms with Crippen LogP contribution in [0.25, 0.3) is 0 Å². The lowest BCUT2D eigenvalue weighted by atomic mass is 10.0. The van der Waals surface area contributed by atoms with Gasteiger partial charge in [0.2, 0.25) is 0 Å². The second-order valence-corrected chi connectivity index (χ2v) is 5.45. The first-order chi connectivity index (χ1) is 10.2.